The molecular weight excluding hydrogens is 168 g/mol. The van der Waals surface area contributed by atoms with E-state index < -0.39 is 0 Å². The highest BCUT2D eigenvalue weighted by Gasteiger charge is 2.18. The predicted molar refractivity (Wildman–Crippen MR) is 48.5 cm³/mol. The summed E-state index contributed by atoms with van der Waals surface area (Å²) in [6.07, 6.45) is 0.881. The molecule has 70 valence electrons. The Labute approximate surface area is 76.9 Å². The zero-order valence-corrected chi connectivity index (χ0v) is 7.54. The summed E-state index contributed by atoms with van der Waals surface area (Å²) in [6.45, 7) is 3.11. The van der Waals surface area contributed by atoms with Crippen LogP contribution in [0.3, 0.4) is 0 Å². The Kier molecular flexibility index (Phi) is 2.00. The summed E-state index contributed by atoms with van der Waals surface area (Å²) in [6, 6.07) is 3.51. The number of phenols is 1. The average Bonchev–Trinajstić information content (AvgIpc) is 2.19. The molecule has 1 aromatic rings. The fourth-order valence-electron chi connectivity index (χ4n) is 1.46. The third kappa shape index (κ3) is 1.30. The van der Waals surface area contributed by atoms with Gasteiger partial charge in [0.25, 0.3) is 0 Å². The molecule has 3 heteroatoms. The molecule has 1 N–H and O–H groups in total. The molecule has 1 aliphatic heterocycles. The number of aromatic hydroxyl groups is 1. The van der Waals surface area contributed by atoms with Crippen molar-refractivity contribution < 1.29 is 14.6 Å². The van der Waals surface area contributed by atoms with Crippen molar-refractivity contribution in [2.75, 3.05) is 13.2 Å². The Balaban J connectivity index is 2.52. The van der Waals surface area contributed by atoms with Crippen LogP contribution in [-0.2, 0) is 6.42 Å². The summed E-state index contributed by atoms with van der Waals surface area (Å²) in [5.74, 6) is 1.35. The normalized spacial score (nSPS) is 14.2. The molecule has 0 radical (unpaired) electrons. The highest BCUT2D eigenvalue weighted by Crippen LogP contribution is 2.41. The molecule has 0 fully saturated rings. The Morgan fingerprint density at radius 2 is 1.92 bits per heavy atom. The maximum atomic E-state index is 9.47. The average molecular weight is 180 g/mol. The number of ether oxygens (including phenoxy) is 2. The van der Waals surface area contributed by atoms with Crippen molar-refractivity contribution >= 4 is 0 Å². The van der Waals surface area contributed by atoms with E-state index in [9.17, 15) is 5.11 Å². The van der Waals surface area contributed by atoms with Gasteiger partial charge in [-0.15, -0.1) is 0 Å². The van der Waals surface area contributed by atoms with E-state index in [2.05, 4.69) is 0 Å². The van der Waals surface area contributed by atoms with Crippen molar-refractivity contribution in [3.05, 3.63) is 17.7 Å². The van der Waals surface area contributed by atoms with Gasteiger partial charge in [-0.2, -0.15) is 0 Å². The van der Waals surface area contributed by atoms with Gasteiger partial charge in [-0.1, -0.05) is 13.0 Å². The van der Waals surface area contributed by atoms with Gasteiger partial charge in [0.15, 0.2) is 11.5 Å². The molecule has 0 atom stereocenters. The van der Waals surface area contributed by atoms with E-state index in [1.165, 1.54) is 0 Å². The van der Waals surface area contributed by atoms with Gasteiger partial charge in [0.05, 0.1) is 0 Å². The molecule has 0 unspecified atom stereocenters. The summed E-state index contributed by atoms with van der Waals surface area (Å²) < 4.78 is 10.8. The van der Waals surface area contributed by atoms with Crippen LogP contribution < -0.4 is 9.47 Å². The maximum Gasteiger partial charge on any atom is 0.203 e. The van der Waals surface area contributed by atoms with Gasteiger partial charge in [-0.25, -0.2) is 0 Å². The molecule has 0 bridgehead atoms. The fraction of sp³-hybridized carbons (Fsp3) is 0.400. The van der Waals surface area contributed by atoms with Gasteiger partial charge in [-0.3, -0.25) is 0 Å². The molecule has 1 aromatic carbocycles. The first-order valence-corrected chi connectivity index (χ1v) is 4.43. The van der Waals surface area contributed by atoms with Crippen LogP contribution in [0.4, 0.5) is 0 Å². The summed E-state index contributed by atoms with van der Waals surface area (Å²) >= 11 is 0. The third-order valence-corrected chi connectivity index (χ3v) is 2.13. The van der Waals surface area contributed by atoms with Crippen LogP contribution in [0.5, 0.6) is 17.2 Å². The minimum Gasteiger partial charge on any atom is -0.504 e. The van der Waals surface area contributed by atoms with Gasteiger partial charge >= 0.3 is 0 Å². The summed E-state index contributed by atoms with van der Waals surface area (Å²) in [4.78, 5) is 0. The molecule has 13 heavy (non-hydrogen) atoms. The van der Waals surface area contributed by atoms with Gasteiger partial charge in [0, 0.05) is 0 Å². The monoisotopic (exact) mass is 180 g/mol. The molecule has 0 amide bonds. The highest BCUT2D eigenvalue weighted by atomic mass is 16.6. The molecule has 1 aliphatic rings. The molecule has 1 heterocycles. The lowest BCUT2D eigenvalue weighted by atomic mass is 10.1. The minimum absolute atomic E-state index is 0.159. The van der Waals surface area contributed by atoms with Crippen LogP contribution >= 0.6 is 0 Å². The molecule has 0 aromatic heterocycles. The number of hydrogen-bond acceptors (Lipinski definition) is 3. The lowest BCUT2D eigenvalue weighted by Gasteiger charge is -2.21. The van der Waals surface area contributed by atoms with Gasteiger partial charge in [0.1, 0.15) is 13.2 Å². The quantitative estimate of drug-likeness (QED) is 0.715. The standard InChI is InChI=1S/C10H12O3/c1-2-7-3-4-8(11)10-9(7)12-5-6-13-10/h3-4,11H,2,5-6H2,1H3. The molecular formula is C10H12O3. The van der Waals surface area contributed by atoms with Crippen LogP contribution in [0, 0.1) is 0 Å². The second-order valence-electron chi connectivity index (χ2n) is 2.95. The minimum atomic E-state index is 0.159. The van der Waals surface area contributed by atoms with E-state index in [-0.39, 0.29) is 5.75 Å². The first-order valence-electron chi connectivity index (χ1n) is 4.43. The second kappa shape index (κ2) is 3.17. The number of hydrogen-bond donors (Lipinski definition) is 1. The third-order valence-electron chi connectivity index (χ3n) is 2.13. The SMILES string of the molecule is CCc1ccc(O)c2c1OCCO2. The zero-order chi connectivity index (χ0) is 9.26. The zero-order valence-electron chi connectivity index (χ0n) is 7.54. The van der Waals surface area contributed by atoms with E-state index in [4.69, 9.17) is 9.47 Å². The predicted octanol–water partition coefficient (Wildman–Crippen LogP) is 1.73. The summed E-state index contributed by atoms with van der Waals surface area (Å²) in [7, 11) is 0. The number of phenolic OH excluding ortho intramolecular Hbond substituents is 1. The topological polar surface area (TPSA) is 38.7 Å². The first-order chi connectivity index (χ1) is 6.33. The van der Waals surface area contributed by atoms with Crippen molar-refractivity contribution in [2.45, 2.75) is 13.3 Å². The van der Waals surface area contributed by atoms with E-state index in [1.54, 1.807) is 6.07 Å². The summed E-state index contributed by atoms with van der Waals surface area (Å²) in [5, 5.41) is 9.47. The Bertz CT molecular complexity index is 320. The first kappa shape index (κ1) is 8.23. The summed E-state index contributed by atoms with van der Waals surface area (Å²) in [5.41, 5.74) is 1.08. The molecule has 2 rings (SSSR count). The van der Waals surface area contributed by atoms with Gasteiger partial charge < -0.3 is 14.6 Å². The molecule has 0 saturated carbocycles. The highest BCUT2D eigenvalue weighted by molar-refractivity contribution is 5.55. The van der Waals surface area contributed by atoms with E-state index in [0.29, 0.717) is 24.7 Å². The Hall–Kier alpha value is -1.38. The Morgan fingerprint density at radius 3 is 2.62 bits per heavy atom. The molecule has 0 spiro atoms. The number of rotatable bonds is 1. The van der Waals surface area contributed by atoms with Crippen molar-refractivity contribution in [3.8, 4) is 17.2 Å². The van der Waals surface area contributed by atoms with Crippen LogP contribution in [0.25, 0.3) is 0 Å². The van der Waals surface area contributed by atoms with E-state index >= 15 is 0 Å². The molecule has 3 nitrogen and oxygen atoms in total. The van der Waals surface area contributed by atoms with Crippen molar-refractivity contribution in [1.82, 2.24) is 0 Å². The van der Waals surface area contributed by atoms with Crippen LogP contribution in [-0.4, -0.2) is 18.3 Å². The van der Waals surface area contributed by atoms with Gasteiger partial charge in [-0.05, 0) is 18.1 Å². The lowest BCUT2D eigenvalue weighted by molar-refractivity contribution is 0.164. The lowest BCUT2D eigenvalue weighted by Crippen LogP contribution is -2.16. The van der Waals surface area contributed by atoms with Crippen LogP contribution in [0.15, 0.2) is 12.1 Å². The number of aryl methyl sites for hydroxylation is 1. The number of benzene rings is 1. The smallest absolute Gasteiger partial charge is 0.203 e. The number of fused-ring (bicyclic) bond motifs is 1. The molecule has 0 saturated heterocycles. The maximum absolute atomic E-state index is 9.47. The fourth-order valence-corrected chi connectivity index (χ4v) is 1.46. The molecule has 0 aliphatic carbocycles. The second-order valence-corrected chi connectivity index (χ2v) is 2.95. The van der Waals surface area contributed by atoms with E-state index in [1.807, 2.05) is 13.0 Å². The largest absolute Gasteiger partial charge is 0.504 e. The van der Waals surface area contributed by atoms with Crippen LogP contribution in [0.2, 0.25) is 0 Å². The van der Waals surface area contributed by atoms with Crippen molar-refractivity contribution in [3.63, 3.8) is 0 Å². The Morgan fingerprint density at radius 1 is 1.23 bits per heavy atom. The van der Waals surface area contributed by atoms with E-state index in [0.717, 1.165) is 12.0 Å². The van der Waals surface area contributed by atoms with Gasteiger partial charge in [0.2, 0.25) is 5.75 Å². The van der Waals surface area contributed by atoms with Crippen molar-refractivity contribution in [2.24, 2.45) is 0 Å². The van der Waals surface area contributed by atoms with Crippen LogP contribution in [0.1, 0.15) is 12.5 Å². The van der Waals surface area contributed by atoms with Crippen molar-refractivity contribution in [1.29, 1.82) is 0 Å².